The molecule has 0 amide bonds. The van der Waals surface area contributed by atoms with Crippen LogP contribution in [0.3, 0.4) is 0 Å². The van der Waals surface area contributed by atoms with Gasteiger partial charge < -0.3 is 34.4 Å². The second kappa shape index (κ2) is 39.4. The highest BCUT2D eigenvalue weighted by Crippen LogP contribution is 2.43. The van der Waals surface area contributed by atoms with Gasteiger partial charge in [0, 0.05) is 12.8 Å². The van der Waals surface area contributed by atoms with Gasteiger partial charge in [0.15, 0.2) is 6.10 Å². The molecular formula is C44H76O14P2. The lowest BCUT2D eigenvalue weighted by atomic mass is 10.1. The highest BCUT2D eigenvalue weighted by Gasteiger charge is 2.28. The summed E-state index contributed by atoms with van der Waals surface area (Å²) in [4.78, 5) is 52.6. The van der Waals surface area contributed by atoms with Crippen LogP contribution >= 0.6 is 15.6 Å². The molecule has 14 nitrogen and oxygen atoms in total. The molecule has 0 heterocycles. The van der Waals surface area contributed by atoms with Crippen molar-refractivity contribution in [2.75, 3.05) is 26.4 Å². The Labute approximate surface area is 359 Å². The van der Waals surface area contributed by atoms with Gasteiger partial charge in [0.1, 0.15) is 12.7 Å². The fourth-order valence-corrected chi connectivity index (χ4v) is 6.45. The summed E-state index contributed by atoms with van der Waals surface area (Å²) in [7, 11) is -9.73. The standard InChI is InChI=1S/C44H76O14P2/c1-3-5-7-9-11-12-13-14-15-16-17-18-22-26-30-34-43(47)54-38-42(39-57-60(52,53)56-37-41(46)36-55-59(49,50)51)58-44(48)35-31-27-23-19-21-25-29-33-40(45)32-28-24-20-10-8-6-4-2/h12-15,19-20,23-25,28-29,32,40-42,45-46H,3-11,16-18,21-22,26-27,30-31,33-39H2,1-2H3,(H,52,53)(H2,49,50,51)/b13-12-,15-14-,23-19+,24-20-,29-25-,32-28-/t40-,41-,42+/m0/s1. The van der Waals surface area contributed by atoms with E-state index in [0.717, 1.165) is 44.9 Å². The van der Waals surface area contributed by atoms with Gasteiger partial charge in [0.05, 0.1) is 25.9 Å². The zero-order valence-corrected chi connectivity index (χ0v) is 37.9. The van der Waals surface area contributed by atoms with Crippen molar-refractivity contribution in [1.82, 2.24) is 0 Å². The van der Waals surface area contributed by atoms with Crippen LogP contribution in [0.25, 0.3) is 0 Å². The lowest BCUT2D eigenvalue weighted by Gasteiger charge is -2.20. The molecule has 0 saturated heterocycles. The van der Waals surface area contributed by atoms with Crippen molar-refractivity contribution in [3.8, 4) is 0 Å². The van der Waals surface area contributed by atoms with Crippen LogP contribution < -0.4 is 0 Å². The van der Waals surface area contributed by atoms with Crippen LogP contribution in [-0.4, -0.2) is 81.6 Å². The largest absolute Gasteiger partial charge is 0.472 e. The molecule has 346 valence electrons. The fraction of sp³-hybridized carbons (Fsp3) is 0.682. The van der Waals surface area contributed by atoms with E-state index in [1.165, 1.54) is 44.9 Å². The minimum Gasteiger partial charge on any atom is -0.462 e. The third-order valence-corrected chi connectivity index (χ3v) is 10.1. The third kappa shape index (κ3) is 42.2. The van der Waals surface area contributed by atoms with Crippen molar-refractivity contribution >= 4 is 27.6 Å². The van der Waals surface area contributed by atoms with E-state index in [-0.39, 0.29) is 12.8 Å². The maximum Gasteiger partial charge on any atom is 0.472 e. The average molecular weight is 891 g/mol. The highest BCUT2D eigenvalue weighted by molar-refractivity contribution is 7.47. The van der Waals surface area contributed by atoms with Crippen LogP contribution in [0.2, 0.25) is 0 Å². The first kappa shape index (κ1) is 57.5. The number of carbonyl (C=O) groups excluding carboxylic acids is 2. The Hall–Kier alpha value is -2.48. The quantitative estimate of drug-likeness (QED) is 0.0127. The van der Waals surface area contributed by atoms with Gasteiger partial charge in [0.25, 0.3) is 0 Å². The summed E-state index contributed by atoms with van der Waals surface area (Å²) in [6, 6.07) is 0. The molecule has 0 radical (unpaired) electrons. The van der Waals surface area contributed by atoms with Crippen molar-refractivity contribution in [2.24, 2.45) is 0 Å². The van der Waals surface area contributed by atoms with Gasteiger partial charge in [-0.2, -0.15) is 0 Å². The van der Waals surface area contributed by atoms with Gasteiger partial charge >= 0.3 is 27.6 Å². The Morgan fingerprint density at radius 3 is 1.73 bits per heavy atom. The van der Waals surface area contributed by atoms with E-state index in [2.05, 4.69) is 53.3 Å². The van der Waals surface area contributed by atoms with E-state index in [9.17, 15) is 33.8 Å². The number of phosphoric ester groups is 2. The number of aliphatic hydroxyl groups is 2. The van der Waals surface area contributed by atoms with E-state index in [1.807, 2.05) is 36.5 Å². The van der Waals surface area contributed by atoms with Gasteiger partial charge in [-0.3, -0.25) is 23.2 Å². The van der Waals surface area contributed by atoms with E-state index < -0.39 is 72.3 Å². The SMILES string of the molecule is CCCCC/C=C\C=C/[C@H](O)C/C=C\C/C=C/CCCC(=O)O[C@H](COC(=O)CCCCCCC/C=C\C=C/CCCCCC)COP(=O)(O)OC[C@@H](O)COP(=O)(O)O. The molecule has 0 spiro atoms. The Morgan fingerprint density at radius 1 is 0.550 bits per heavy atom. The summed E-state index contributed by atoms with van der Waals surface area (Å²) in [6.07, 6.45) is 39.2. The van der Waals surface area contributed by atoms with E-state index in [0.29, 0.717) is 32.1 Å². The molecule has 0 aromatic carbocycles. The van der Waals surface area contributed by atoms with E-state index in [4.69, 9.17) is 23.8 Å². The molecule has 0 saturated carbocycles. The maximum atomic E-state index is 12.6. The number of allylic oxidation sites excluding steroid dienone is 10. The number of ether oxygens (including phenoxy) is 2. The lowest BCUT2D eigenvalue weighted by Crippen LogP contribution is -2.29. The molecule has 4 atom stereocenters. The predicted octanol–water partition coefficient (Wildman–Crippen LogP) is 9.98. The first-order valence-corrected chi connectivity index (χ1v) is 24.8. The summed E-state index contributed by atoms with van der Waals surface area (Å²) in [5.74, 6) is -1.16. The molecule has 0 aromatic rings. The van der Waals surface area contributed by atoms with Crippen LogP contribution in [0, 0.1) is 0 Å². The van der Waals surface area contributed by atoms with Crippen molar-refractivity contribution in [3.63, 3.8) is 0 Å². The molecular weight excluding hydrogens is 814 g/mol. The second-order valence-electron chi connectivity index (χ2n) is 14.5. The summed E-state index contributed by atoms with van der Waals surface area (Å²) < 4.78 is 47.6. The van der Waals surface area contributed by atoms with Crippen LogP contribution in [0.5, 0.6) is 0 Å². The molecule has 0 rings (SSSR count). The minimum atomic E-state index is -4.88. The molecule has 0 aromatic heterocycles. The van der Waals surface area contributed by atoms with Crippen LogP contribution in [0.15, 0.2) is 72.9 Å². The van der Waals surface area contributed by atoms with Gasteiger partial charge in [-0.05, 0) is 70.6 Å². The zero-order chi connectivity index (χ0) is 44.6. The molecule has 0 fully saturated rings. The number of phosphoric acid groups is 2. The number of rotatable bonds is 40. The topological polar surface area (TPSA) is 216 Å². The normalized spacial score (nSPS) is 15.2. The molecule has 5 N–H and O–H groups in total. The molecule has 60 heavy (non-hydrogen) atoms. The van der Waals surface area contributed by atoms with Gasteiger partial charge in [-0.25, -0.2) is 9.13 Å². The Balaban J connectivity index is 4.72. The fourth-order valence-electron chi connectivity index (χ4n) is 5.29. The first-order valence-electron chi connectivity index (χ1n) is 21.8. The second-order valence-corrected chi connectivity index (χ2v) is 17.2. The number of unbranched alkanes of at least 4 members (excludes halogenated alkanes) is 13. The van der Waals surface area contributed by atoms with Gasteiger partial charge in [0.2, 0.25) is 0 Å². The Kier molecular flexibility index (Phi) is 37.7. The van der Waals surface area contributed by atoms with Crippen molar-refractivity contribution in [3.05, 3.63) is 72.9 Å². The Morgan fingerprint density at radius 2 is 1.07 bits per heavy atom. The molecule has 0 bridgehead atoms. The smallest absolute Gasteiger partial charge is 0.462 e. The zero-order valence-electron chi connectivity index (χ0n) is 36.1. The Bertz CT molecular complexity index is 1350. The van der Waals surface area contributed by atoms with Gasteiger partial charge in [-0.15, -0.1) is 0 Å². The van der Waals surface area contributed by atoms with Crippen LogP contribution in [0.4, 0.5) is 0 Å². The summed E-state index contributed by atoms with van der Waals surface area (Å²) in [6.45, 7) is 1.52. The summed E-state index contributed by atoms with van der Waals surface area (Å²) in [5.41, 5.74) is 0. The number of hydrogen-bond donors (Lipinski definition) is 5. The van der Waals surface area contributed by atoms with E-state index in [1.54, 1.807) is 6.08 Å². The van der Waals surface area contributed by atoms with Crippen molar-refractivity contribution < 1.29 is 66.7 Å². The van der Waals surface area contributed by atoms with Crippen LogP contribution in [0.1, 0.15) is 149 Å². The number of aliphatic hydroxyl groups excluding tert-OH is 2. The summed E-state index contributed by atoms with van der Waals surface area (Å²) in [5, 5.41) is 19.8. The van der Waals surface area contributed by atoms with E-state index >= 15 is 0 Å². The summed E-state index contributed by atoms with van der Waals surface area (Å²) >= 11 is 0. The number of hydrogen-bond acceptors (Lipinski definition) is 11. The molecule has 0 aliphatic carbocycles. The van der Waals surface area contributed by atoms with Crippen molar-refractivity contribution in [2.45, 2.75) is 167 Å². The average Bonchev–Trinajstić information content (AvgIpc) is 3.20. The lowest BCUT2D eigenvalue weighted by molar-refractivity contribution is -0.161. The minimum absolute atomic E-state index is 0.0148. The molecule has 0 aliphatic rings. The van der Waals surface area contributed by atoms with Gasteiger partial charge in [-0.1, -0.05) is 138 Å². The monoisotopic (exact) mass is 890 g/mol. The first-order chi connectivity index (χ1) is 28.8. The predicted molar refractivity (Wildman–Crippen MR) is 236 cm³/mol. The van der Waals surface area contributed by atoms with Crippen LogP contribution in [-0.2, 0) is 41.8 Å². The highest BCUT2D eigenvalue weighted by atomic mass is 31.2. The number of carbonyl (C=O) groups is 2. The third-order valence-electron chi connectivity index (χ3n) is 8.67. The molecule has 1 unspecified atom stereocenters. The van der Waals surface area contributed by atoms with Crippen molar-refractivity contribution in [1.29, 1.82) is 0 Å². The maximum absolute atomic E-state index is 12.6. The number of esters is 2. The molecule has 0 aliphatic heterocycles. The molecule has 16 heteroatoms.